The summed E-state index contributed by atoms with van der Waals surface area (Å²) in [7, 11) is 1.66. The molecule has 1 unspecified atom stereocenters. The fourth-order valence-corrected chi connectivity index (χ4v) is 2.76. The Labute approximate surface area is 141 Å². The summed E-state index contributed by atoms with van der Waals surface area (Å²) in [6.45, 7) is 3.49. The van der Waals surface area contributed by atoms with Gasteiger partial charge in [0.2, 0.25) is 5.82 Å². The van der Waals surface area contributed by atoms with E-state index >= 15 is 0 Å². The van der Waals surface area contributed by atoms with Gasteiger partial charge in [-0.3, -0.25) is 4.79 Å². The van der Waals surface area contributed by atoms with Gasteiger partial charge in [0.15, 0.2) is 0 Å². The van der Waals surface area contributed by atoms with Gasteiger partial charge in [0.25, 0.3) is 5.91 Å². The number of ether oxygens (including phenoxy) is 2. The lowest BCUT2D eigenvalue weighted by molar-refractivity contribution is -0.0343. The number of rotatable bonds is 5. The maximum atomic E-state index is 12.5. The van der Waals surface area contributed by atoms with E-state index in [0.29, 0.717) is 26.1 Å². The first kappa shape index (κ1) is 16.4. The molecule has 0 spiro atoms. The molecule has 1 saturated heterocycles. The summed E-state index contributed by atoms with van der Waals surface area (Å²) >= 11 is 0. The first-order chi connectivity index (χ1) is 11.6. The number of aromatic nitrogens is 2. The molecule has 6 nitrogen and oxygen atoms in total. The van der Waals surface area contributed by atoms with Crippen LogP contribution in [0, 0.1) is 6.92 Å². The van der Waals surface area contributed by atoms with E-state index in [-0.39, 0.29) is 11.7 Å². The average molecular weight is 327 g/mol. The number of carbonyl (C=O) groups excluding carboxylic acids is 1. The third-order valence-electron chi connectivity index (χ3n) is 4.32. The van der Waals surface area contributed by atoms with E-state index in [0.717, 1.165) is 5.75 Å². The molecular formula is C18H21N3O3. The minimum absolute atomic E-state index is 0.176. The van der Waals surface area contributed by atoms with E-state index in [9.17, 15) is 4.79 Å². The number of carbonyl (C=O) groups is 1. The summed E-state index contributed by atoms with van der Waals surface area (Å²) < 4.78 is 11.6. The van der Waals surface area contributed by atoms with Crippen LogP contribution in [0.3, 0.4) is 0 Å². The molecule has 0 aliphatic carbocycles. The third-order valence-corrected chi connectivity index (χ3v) is 4.32. The molecule has 2 aromatic rings. The van der Waals surface area contributed by atoms with Crippen molar-refractivity contribution < 1.29 is 14.3 Å². The van der Waals surface area contributed by atoms with Gasteiger partial charge in [0.1, 0.15) is 18.0 Å². The first-order valence-corrected chi connectivity index (χ1v) is 7.93. The van der Waals surface area contributed by atoms with Gasteiger partial charge in [-0.05, 0) is 31.5 Å². The van der Waals surface area contributed by atoms with Gasteiger partial charge in [-0.15, -0.1) is 0 Å². The van der Waals surface area contributed by atoms with E-state index in [1.807, 2.05) is 31.2 Å². The summed E-state index contributed by atoms with van der Waals surface area (Å²) in [6.07, 6.45) is 3.86. The zero-order chi connectivity index (χ0) is 17.0. The van der Waals surface area contributed by atoms with Crippen molar-refractivity contribution in [2.45, 2.75) is 18.9 Å². The maximum absolute atomic E-state index is 12.5. The highest BCUT2D eigenvalue weighted by Crippen LogP contribution is 2.27. The lowest BCUT2D eigenvalue weighted by Gasteiger charge is -2.27. The predicted molar refractivity (Wildman–Crippen MR) is 89.0 cm³/mol. The van der Waals surface area contributed by atoms with Crippen LogP contribution in [-0.4, -0.2) is 53.2 Å². The van der Waals surface area contributed by atoms with Gasteiger partial charge < -0.3 is 14.4 Å². The van der Waals surface area contributed by atoms with Gasteiger partial charge in [-0.1, -0.05) is 17.7 Å². The summed E-state index contributed by atoms with van der Waals surface area (Å²) in [5, 5.41) is 0. The van der Waals surface area contributed by atoms with Crippen LogP contribution in [0.2, 0.25) is 0 Å². The second kappa shape index (κ2) is 6.97. The van der Waals surface area contributed by atoms with Crippen molar-refractivity contribution in [3.63, 3.8) is 0 Å². The molecule has 1 fully saturated rings. The Kier molecular flexibility index (Phi) is 4.76. The van der Waals surface area contributed by atoms with Gasteiger partial charge >= 0.3 is 0 Å². The summed E-state index contributed by atoms with van der Waals surface area (Å²) in [4.78, 5) is 22.2. The molecule has 1 atom stereocenters. The van der Waals surface area contributed by atoms with Gasteiger partial charge in [0, 0.05) is 26.0 Å². The minimum Gasteiger partial charge on any atom is -0.491 e. The highest BCUT2D eigenvalue weighted by molar-refractivity contribution is 5.90. The van der Waals surface area contributed by atoms with E-state index in [4.69, 9.17) is 9.47 Å². The number of methoxy groups -OCH3 is 1. The average Bonchev–Trinajstić information content (AvgIpc) is 3.06. The Morgan fingerprint density at radius 3 is 2.62 bits per heavy atom. The highest BCUT2D eigenvalue weighted by Gasteiger charge is 2.41. The van der Waals surface area contributed by atoms with Crippen molar-refractivity contribution in [3.8, 4) is 5.75 Å². The second-order valence-corrected chi connectivity index (χ2v) is 6.04. The van der Waals surface area contributed by atoms with Crippen molar-refractivity contribution in [1.29, 1.82) is 0 Å². The molecule has 1 aliphatic heterocycles. The quantitative estimate of drug-likeness (QED) is 0.841. The molecule has 1 amide bonds. The summed E-state index contributed by atoms with van der Waals surface area (Å²) in [5.74, 6) is 0.835. The fraction of sp³-hybridized carbons (Fsp3) is 0.389. The first-order valence-electron chi connectivity index (χ1n) is 7.93. The van der Waals surface area contributed by atoms with Crippen LogP contribution >= 0.6 is 0 Å². The molecule has 0 bridgehead atoms. The topological polar surface area (TPSA) is 64.6 Å². The van der Waals surface area contributed by atoms with Crippen molar-refractivity contribution in [2.24, 2.45) is 0 Å². The molecule has 0 saturated carbocycles. The van der Waals surface area contributed by atoms with Gasteiger partial charge in [-0.2, -0.15) is 0 Å². The number of benzene rings is 1. The summed E-state index contributed by atoms with van der Waals surface area (Å²) in [6, 6.07) is 9.58. The van der Waals surface area contributed by atoms with Crippen molar-refractivity contribution in [2.75, 3.05) is 26.8 Å². The van der Waals surface area contributed by atoms with Crippen LogP contribution in [0.25, 0.3) is 0 Å². The molecule has 3 rings (SSSR count). The number of hydrogen-bond donors (Lipinski definition) is 0. The number of aryl methyl sites for hydroxylation is 1. The Morgan fingerprint density at radius 2 is 1.96 bits per heavy atom. The zero-order valence-electron chi connectivity index (χ0n) is 13.9. The zero-order valence-corrected chi connectivity index (χ0v) is 13.9. The lowest BCUT2D eigenvalue weighted by atomic mass is 10.0. The van der Waals surface area contributed by atoms with Crippen LogP contribution in [-0.2, 0) is 4.74 Å². The van der Waals surface area contributed by atoms with Crippen LogP contribution < -0.4 is 4.74 Å². The van der Waals surface area contributed by atoms with Crippen LogP contribution in [0.5, 0.6) is 5.75 Å². The normalized spacial score (nSPS) is 20.2. The Morgan fingerprint density at radius 1 is 1.25 bits per heavy atom. The number of amides is 1. The van der Waals surface area contributed by atoms with Crippen molar-refractivity contribution in [3.05, 3.63) is 54.1 Å². The molecule has 2 heterocycles. The monoisotopic (exact) mass is 327 g/mol. The SMILES string of the molecule is COC1(COc2ccc(C)cc2)CCN(C(=O)c2ncccn2)C1. The molecule has 0 radical (unpaired) electrons. The third kappa shape index (κ3) is 3.54. The van der Waals surface area contributed by atoms with E-state index in [1.54, 1.807) is 30.5 Å². The van der Waals surface area contributed by atoms with Gasteiger partial charge in [0.05, 0.1) is 6.54 Å². The molecule has 126 valence electrons. The maximum Gasteiger partial charge on any atom is 0.291 e. The molecule has 1 aromatic heterocycles. The molecule has 24 heavy (non-hydrogen) atoms. The Hall–Kier alpha value is -2.47. The largest absolute Gasteiger partial charge is 0.491 e. The predicted octanol–water partition coefficient (Wildman–Crippen LogP) is 2.10. The minimum atomic E-state index is -0.505. The Balaban J connectivity index is 1.64. The number of likely N-dealkylation sites (tertiary alicyclic amines) is 1. The molecule has 1 aliphatic rings. The molecule has 6 heteroatoms. The van der Waals surface area contributed by atoms with Crippen LogP contribution in [0.4, 0.5) is 0 Å². The molecule has 1 aromatic carbocycles. The van der Waals surface area contributed by atoms with Crippen molar-refractivity contribution in [1.82, 2.24) is 14.9 Å². The molecular weight excluding hydrogens is 306 g/mol. The van der Waals surface area contributed by atoms with E-state index in [2.05, 4.69) is 9.97 Å². The number of hydrogen-bond acceptors (Lipinski definition) is 5. The lowest BCUT2D eigenvalue weighted by Crippen LogP contribution is -2.42. The van der Waals surface area contributed by atoms with Crippen LogP contribution in [0.15, 0.2) is 42.7 Å². The van der Waals surface area contributed by atoms with E-state index < -0.39 is 5.60 Å². The smallest absolute Gasteiger partial charge is 0.291 e. The van der Waals surface area contributed by atoms with Gasteiger partial charge in [-0.25, -0.2) is 9.97 Å². The fourth-order valence-electron chi connectivity index (χ4n) is 2.76. The summed E-state index contributed by atoms with van der Waals surface area (Å²) in [5.41, 5.74) is 0.680. The standard InChI is InChI=1S/C18H21N3O3/c1-14-4-6-15(7-5-14)24-13-18(23-2)8-11-21(12-18)17(22)16-19-9-3-10-20-16/h3-7,9-10H,8,11-13H2,1-2H3. The Bertz CT molecular complexity index is 690. The highest BCUT2D eigenvalue weighted by atomic mass is 16.5. The van der Waals surface area contributed by atoms with E-state index in [1.165, 1.54) is 5.56 Å². The second-order valence-electron chi connectivity index (χ2n) is 6.04. The molecule has 0 N–H and O–H groups in total. The van der Waals surface area contributed by atoms with Crippen molar-refractivity contribution >= 4 is 5.91 Å². The number of nitrogens with zero attached hydrogens (tertiary/aromatic N) is 3. The van der Waals surface area contributed by atoms with Crippen LogP contribution in [0.1, 0.15) is 22.6 Å².